The molecule has 1 heterocycles. The summed E-state index contributed by atoms with van der Waals surface area (Å²) in [6.07, 6.45) is 3.12. The number of nitriles is 1. The Morgan fingerprint density at radius 1 is 1.42 bits per heavy atom. The lowest BCUT2D eigenvalue weighted by molar-refractivity contribution is 0.178. The van der Waals surface area contributed by atoms with Gasteiger partial charge in [0.15, 0.2) is 0 Å². The molecule has 19 heavy (non-hydrogen) atoms. The summed E-state index contributed by atoms with van der Waals surface area (Å²) in [7, 11) is 4.34. The fraction of sp³-hybridized carbons (Fsp3) is 0.562. The van der Waals surface area contributed by atoms with Crippen LogP contribution in [0.1, 0.15) is 30.9 Å². The summed E-state index contributed by atoms with van der Waals surface area (Å²) in [5, 5.41) is 9.07. The van der Waals surface area contributed by atoms with E-state index in [1.807, 2.05) is 6.07 Å². The largest absolute Gasteiger partial charge is 0.302 e. The van der Waals surface area contributed by atoms with Gasteiger partial charge in [0.1, 0.15) is 0 Å². The number of hydrogen-bond acceptors (Lipinski definition) is 3. The van der Waals surface area contributed by atoms with Crippen molar-refractivity contribution < 1.29 is 0 Å². The lowest BCUT2D eigenvalue weighted by Crippen LogP contribution is -2.38. The van der Waals surface area contributed by atoms with Gasteiger partial charge in [-0.1, -0.05) is 30.3 Å². The van der Waals surface area contributed by atoms with Gasteiger partial charge in [0.2, 0.25) is 0 Å². The lowest BCUT2D eigenvalue weighted by atomic mass is 10.0. The molecule has 3 heteroatoms. The molecule has 2 atom stereocenters. The number of hydrogen-bond donors (Lipinski definition) is 0. The van der Waals surface area contributed by atoms with Crippen LogP contribution >= 0.6 is 0 Å². The second-order valence-corrected chi connectivity index (χ2v) is 5.50. The molecule has 1 aliphatic rings. The first-order chi connectivity index (χ1) is 9.22. The van der Waals surface area contributed by atoms with E-state index in [0.717, 1.165) is 6.54 Å². The first-order valence-corrected chi connectivity index (χ1v) is 7.04. The van der Waals surface area contributed by atoms with Gasteiger partial charge >= 0.3 is 0 Å². The highest BCUT2D eigenvalue weighted by Crippen LogP contribution is 2.25. The van der Waals surface area contributed by atoms with Crippen molar-refractivity contribution in [2.75, 3.05) is 27.2 Å². The minimum absolute atomic E-state index is 0.209. The quantitative estimate of drug-likeness (QED) is 0.812. The van der Waals surface area contributed by atoms with Crippen LogP contribution in [0.3, 0.4) is 0 Å². The molecule has 1 aromatic rings. The molecule has 1 aromatic carbocycles. The van der Waals surface area contributed by atoms with E-state index in [-0.39, 0.29) is 6.04 Å². The maximum Gasteiger partial charge on any atom is 0.0641 e. The van der Waals surface area contributed by atoms with E-state index in [0.29, 0.717) is 12.5 Å². The fourth-order valence-corrected chi connectivity index (χ4v) is 2.96. The van der Waals surface area contributed by atoms with Crippen LogP contribution in [0.4, 0.5) is 0 Å². The normalized spacial score (nSPS) is 21.5. The Morgan fingerprint density at radius 3 is 2.74 bits per heavy atom. The van der Waals surface area contributed by atoms with Gasteiger partial charge in [0, 0.05) is 18.6 Å². The predicted octanol–water partition coefficient (Wildman–Crippen LogP) is 2.67. The topological polar surface area (TPSA) is 30.3 Å². The van der Waals surface area contributed by atoms with Crippen LogP contribution < -0.4 is 0 Å². The Bertz CT molecular complexity index is 423. The van der Waals surface area contributed by atoms with E-state index in [4.69, 9.17) is 5.26 Å². The van der Waals surface area contributed by atoms with Crippen LogP contribution in [0.15, 0.2) is 30.3 Å². The van der Waals surface area contributed by atoms with Gasteiger partial charge in [0.05, 0.1) is 12.5 Å². The maximum atomic E-state index is 9.07. The zero-order chi connectivity index (χ0) is 13.7. The van der Waals surface area contributed by atoms with Crippen LogP contribution in [0.5, 0.6) is 0 Å². The molecule has 0 aliphatic carbocycles. The Morgan fingerprint density at radius 2 is 2.16 bits per heavy atom. The SMILES string of the molecule is CN1CCCC1CN(C)C(CC#N)c1ccccc1. The summed E-state index contributed by atoms with van der Waals surface area (Å²) in [5.74, 6) is 0. The van der Waals surface area contributed by atoms with E-state index >= 15 is 0 Å². The smallest absolute Gasteiger partial charge is 0.0641 e. The second-order valence-electron chi connectivity index (χ2n) is 5.50. The molecule has 2 rings (SSSR count). The Kier molecular flexibility index (Phi) is 4.95. The highest BCUT2D eigenvalue weighted by molar-refractivity contribution is 5.20. The minimum atomic E-state index is 0.209. The van der Waals surface area contributed by atoms with Crippen molar-refractivity contribution in [1.82, 2.24) is 9.80 Å². The molecular weight excluding hydrogens is 234 g/mol. The number of nitrogens with zero attached hydrogens (tertiary/aromatic N) is 3. The van der Waals surface area contributed by atoms with Gasteiger partial charge in [-0.2, -0.15) is 5.26 Å². The minimum Gasteiger partial charge on any atom is -0.302 e. The highest BCUT2D eigenvalue weighted by atomic mass is 15.2. The third kappa shape index (κ3) is 3.56. The molecule has 0 bridgehead atoms. The average molecular weight is 257 g/mol. The second kappa shape index (κ2) is 6.70. The van der Waals surface area contributed by atoms with E-state index < -0.39 is 0 Å². The van der Waals surface area contributed by atoms with Crippen molar-refractivity contribution in [2.24, 2.45) is 0 Å². The molecule has 3 nitrogen and oxygen atoms in total. The van der Waals surface area contributed by atoms with E-state index in [9.17, 15) is 0 Å². The predicted molar refractivity (Wildman–Crippen MR) is 77.7 cm³/mol. The molecule has 1 aliphatic heterocycles. The molecule has 0 amide bonds. The summed E-state index contributed by atoms with van der Waals surface area (Å²) >= 11 is 0. The maximum absolute atomic E-state index is 9.07. The summed E-state index contributed by atoms with van der Waals surface area (Å²) in [6, 6.07) is 13.5. The average Bonchev–Trinajstić information content (AvgIpc) is 2.82. The number of likely N-dealkylation sites (tertiary alicyclic amines) is 1. The highest BCUT2D eigenvalue weighted by Gasteiger charge is 2.25. The molecule has 1 saturated heterocycles. The Hall–Kier alpha value is -1.37. The summed E-state index contributed by atoms with van der Waals surface area (Å²) in [5.41, 5.74) is 1.24. The third-order valence-electron chi connectivity index (χ3n) is 4.17. The fourth-order valence-electron chi connectivity index (χ4n) is 2.96. The van der Waals surface area contributed by atoms with Crippen molar-refractivity contribution in [2.45, 2.75) is 31.3 Å². The zero-order valence-corrected chi connectivity index (χ0v) is 11.9. The van der Waals surface area contributed by atoms with E-state index in [1.54, 1.807) is 0 Å². The monoisotopic (exact) mass is 257 g/mol. The van der Waals surface area contributed by atoms with Crippen LogP contribution in [0.25, 0.3) is 0 Å². The summed E-state index contributed by atoms with van der Waals surface area (Å²) in [4.78, 5) is 4.77. The third-order valence-corrected chi connectivity index (χ3v) is 4.17. The molecule has 2 unspecified atom stereocenters. The molecule has 102 valence electrons. The molecule has 0 spiro atoms. The van der Waals surface area contributed by atoms with Crippen molar-refractivity contribution in [3.63, 3.8) is 0 Å². The van der Waals surface area contributed by atoms with Gasteiger partial charge in [0.25, 0.3) is 0 Å². The molecule has 1 fully saturated rings. The van der Waals surface area contributed by atoms with Crippen molar-refractivity contribution in [3.8, 4) is 6.07 Å². The number of likely N-dealkylation sites (N-methyl/N-ethyl adjacent to an activating group) is 2. The lowest BCUT2D eigenvalue weighted by Gasteiger charge is -2.31. The number of benzene rings is 1. The van der Waals surface area contributed by atoms with Crippen LogP contribution in [0.2, 0.25) is 0 Å². The van der Waals surface area contributed by atoms with Gasteiger partial charge in [-0.25, -0.2) is 0 Å². The number of rotatable bonds is 5. The van der Waals surface area contributed by atoms with Crippen molar-refractivity contribution in [3.05, 3.63) is 35.9 Å². The Labute approximate surface area is 116 Å². The van der Waals surface area contributed by atoms with Crippen molar-refractivity contribution >= 4 is 0 Å². The van der Waals surface area contributed by atoms with Crippen LogP contribution in [-0.2, 0) is 0 Å². The van der Waals surface area contributed by atoms with E-state index in [2.05, 4.69) is 54.2 Å². The van der Waals surface area contributed by atoms with E-state index in [1.165, 1.54) is 24.9 Å². The van der Waals surface area contributed by atoms with Gasteiger partial charge in [-0.3, -0.25) is 4.90 Å². The van der Waals surface area contributed by atoms with Gasteiger partial charge in [-0.15, -0.1) is 0 Å². The molecule has 0 radical (unpaired) electrons. The van der Waals surface area contributed by atoms with Gasteiger partial charge in [-0.05, 0) is 39.0 Å². The first kappa shape index (κ1) is 14.0. The standard InChI is InChI=1S/C16H23N3/c1-18-12-6-9-15(18)13-19(2)16(10-11-17)14-7-4-3-5-8-14/h3-5,7-8,15-16H,6,9-10,12-13H2,1-2H3. The van der Waals surface area contributed by atoms with Crippen LogP contribution in [0, 0.1) is 11.3 Å². The molecule has 0 aromatic heterocycles. The zero-order valence-electron chi connectivity index (χ0n) is 11.9. The van der Waals surface area contributed by atoms with Crippen LogP contribution in [-0.4, -0.2) is 43.0 Å². The first-order valence-electron chi connectivity index (χ1n) is 7.04. The van der Waals surface area contributed by atoms with Crippen molar-refractivity contribution in [1.29, 1.82) is 5.26 Å². The molecule has 0 saturated carbocycles. The molecule has 0 N–H and O–H groups in total. The Balaban J connectivity index is 2.04. The summed E-state index contributed by atoms with van der Waals surface area (Å²) < 4.78 is 0. The van der Waals surface area contributed by atoms with Gasteiger partial charge < -0.3 is 4.90 Å². The molecular formula is C16H23N3. The summed E-state index contributed by atoms with van der Waals surface area (Å²) in [6.45, 7) is 2.24.